The van der Waals surface area contributed by atoms with Gasteiger partial charge in [0, 0.05) is 13.1 Å². The molecular weight excluding hydrogens is 1100 g/mol. The quantitative estimate of drug-likeness (QED) is 0.0441. The number of rotatable bonds is 18. The van der Waals surface area contributed by atoms with Crippen molar-refractivity contribution in [1.82, 2.24) is 4.90 Å². The van der Waals surface area contributed by atoms with E-state index in [9.17, 15) is 14.4 Å². The molecule has 8 aliphatic carbocycles. The number of hydrogen-bond acceptors (Lipinski definition) is 8. The molecule has 0 amide bonds. The fourth-order valence-corrected chi connectivity index (χ4v) is 22.7. The SMILES string of the molecule is CC(C)CCC[C@@H](C)[C@H]1CC[C@H]2[C@@H]3CC=C4C[C@@H](OC(=O)C(OC(=O)CCN5CCOCC5)C(=O)O[C@H]5CC[C@@]6(C)C(=CC[C@H]7[C@@H]8CC[C@H]([C@H](C)CCCC(C)C)[C@@]8(C)CC[C@@]76[Tl])C5)CC[C@]4(C)[C@H]3CC[C@]12C. The van der Waals surface area contributed by atoms with Crippen LogP contribution in [0, 0.1) is 86.8 Å². The minimum atomic E-state index is -1.72. The van der Waals surface area contributed by atoms with Crippen molar-refractivity contribution in [3.8, 4) is 0 Å². The molecule has 7 fully saturated rings. The monoisotopic (exact) mass is 1200 g/mol. The Hall–Kier alpha value is -1.27. The average Bonchev–Trinajstić information content (AvgIpc) is 3.90. The van der Waals surface area contributed by atoms with Crippen LogP contribution in [0.15, 0.2) is 23.3 Å². The molecule has 408 valence electrons. The van der Waals surface area contributed by atoms with Crippen molar-refractivity contribution < 1.29 is 33.3 Å². The molecule has 73 heavy (non-hydrogen) atoms. The minimum absolute atomic E-state index is 0.0863. The van der Waals surface area contributed by atoms with Crippen LogP contribution in [0.3, 0.4) is 0 Å². The summed E-state index contributed by atoms with van der Waals surface area (Å²) in [5.41, 5.74) is 3.99. The fraction of sp³-hybridized carbons (Fsp3) is 0.891. The molecule has 9 aliphatic rings. The molecule has 8 nitrogen and oxygen atoms in total. The third kappa shape index (κ3) is 11.1. The van der Waals surface area contributed by atoms with E-state index in [1.165, 1.54) is 101 Å². The number of morpholine rings is 1. The van der Waals surface area contributed by atoms with Gasteiger partial charge in [-0.25, -0.2) is 0 Å². The number of allylic oxidation sites excluding steroid dienone is 2. The summed E-state index contributed by atoms with van der Waals surface area (Å²) in [5, 5.41) is 0. The summed E-state index contributed by atoms with van der Waals surface area (Å²) in [4.78, 5) is 44.7. The van der Waals surface area contributed by atoms with E-state index in [-0.39, 0.29) is 29.5 Å². The Morgan fingerprint density at radius 3 is 1.85 bits per heavy atom. The molecule has 9 heteroatoms. The van der Waals surface area contributed by atoms with E-state index in [2.05, 4.69) is 86.3 Å². The van der Waals surface area contributed by atoms with E-state index in [1.54, 1.807) is 0 Å². The third-order valence-corrected chi connectivity index (χ3v) is 29.1. The van der Waals surface area contributed by atoms with Crippen molar-refractivity contribution >= 4 is 43.7 Å². The Labute approximate surface area is 460 Å². The van der Waals surface area contributed by atoms with Gasteiger partial charge < -0.3 is 4.74 Å². The number of nitrogens with zero attached hydrogens (tertiary/aromatic N) is 1. The van der Waals surface area contributed by atoms with E-state index >= 15 is 0 Å². The Balaban J connectivity index is 0.844. The van der Waals surface area contributed by atoms with Gasteiger partial charge in [-0.15, -0.1) is 0 Å². The van der Waals surface area contributed by atoms with E-state index in [4.69, 9.17) is 18.9 Å². The Morgan fingerprint density at radius 1 is 0.644 bits per heavy atom. The van der Waals surface area contributed by atoms with Crippen LogP contribution in [0.5, 0.6) is 0 Å². The number of carbonyl (C=O) groups excluding carboxylic acids is 3. The predicted molar refractivity (Wildman–Crippen MR) is 293 cm³/mol. The van der Waals surface area contributed by atoms with Gasteiger partial charge in [-0.1, -0.05) is 65.5 Å². The first-order valence-corrected chi connectivity index (χ1v) is 33.0. The van der Waals surface area contributed by atoms with Crippen LogP contribution >= 0.6 is 0 Å². The van der Waals surface area contributed by atoms with E-state index in [0.717, 1.165) is 137 Å². The van der Waals surface area contributed by atoms with Crippen molar-refractivity contribution in [2.45, 2.75) is 238 Å². The van der Waals surface area contributed by atoms with Gasteiger partial charge in [0.1, 0.15) is 0 Å². The number of ether oxygens (including phenoxy) is 4. The van der Waals surface area contributed by atoms with Crippen molar-refractivity contribution in [3.05, 3.63) is 23.3 Å². The maximum atomic E-state index is 14.5. The molecule has 0 aromatic rings. The predicted octanol–water partition coefficient (Wildman–Crippen LogP) is 14.2. The Bertz CT molecular complexity index is 2030. The summed E-state index contributed by atoms with van der Waals surface area (Å²) in [6.07, 6.45) is 28.9. The normalized spacial score (nSPS) is 41.4. The van der Waals surface area contributed by atoms with Gasteiger partial charge >= 0.3 is 277 Å². The van der Waals surface area contributed by atoms with Gasteiger partial charge in [-0.3, -0.25) is 4.90 Å². The molecular formula is C64H102NO7Tl. The van der Waals surface area contributed by atoms with Crippen molar-refractivity contribution in [2.24, 2.45) is 86.8 Å². The number of esters is 3. The van der Waals surface area contributed by atoms with Crippen molar-refractivity contribution in [2.75, 3.05) is 32.8 Å². The first-order chi connectivity index (χ1) is 34.7. The van der Waals surface area contributed by atoms with Crippen molar-refractivity contribution in [3.63, 3.8) is 0 Å². The van der Waals surface area contributed by atoms with Crippen LogP contribution < -0.4 is 0 Å². The molecule has 1 saturated heterocycles. The van der Waals surface area contributed by atoms with Gasteiger partial charge in [0.25, 0.3) is 0 Å². The molecule has 1 heterocycles. The summed E-state index contributed by atoms with van der Waals surface area (Å²) >= 11 is 0.874. The van der Waals surface area contributed by atoms with Gasteiger partial charge in [-0.05, 0) is 84.9 Å². The molecule has 6 saturated carbocycles. The maximum absolute atomic E-state index is 14.5. The zero-order chi connectivity index (χ0) is 52.1. The zero-order valence-electron chi connectivity index (χ0n) is 47.9. The van der Waals surface area contributed by atoms with Gasteiger partial charge in [0.2, 0.25) is 0 Å². The second-order valence-electron chi connectivity index (χ2n) is 28.5. The van der Waals surface area contributed by atoms with Crippen LogP contribution in [-0.4, -0.2) is 99.7 Å². The minimum Gasteiger partial charge on any atom is -0.0591 e. The van der Waals surface area contributed by atoms with Crippen LogP contribution in [-0.2, 0) is 33.3 Å². The second kappa shape index (κ2) is 22.8. The topological polar surface area (TPSA) is 91.4 Å². The zero-order valence-corrected chi connectivity index (χ0v) is 52.4. The first kappa shape index (κ1) is 56.5. The first-order valence-electron chi connectivity index (χ1n) is 30.8. The van der Waals surface area contributed by atoms with Gasteiger partial charge in [-0.2, -0.15) is 0 Å². The number of fused-ring (bicyclic) bond motifs is 10. The summed E-state index contributed by atoms with van der Waals surface area (Å²) in [7, 11) is 0. The molecule has 0 aromatic heterocycles. The fourth-order valence-electron chi connectivity index (χ4n) is 19.4. The number of hydrogen-bond donors (Lipinski definition) is 0. The van der Waals surface area contributed by atoms with Gasteiger partial charge in [0.05, 0.1) is 13.2 Å². The molecule has 0 bridgehead atoms. The van der Waals surface area contributed by atoms with E-state index < -0.39 is 24.0 Å². The Kier molecular flexibility index (Phi) is 17.7. The number of carbonyl (C=O) groups is 3. The molecule has 0 spiro atoms. The summed E-state index contributed by atoms with van der Waals surface area (Å²) in [6, 6.07) is 0. The molecule has 0 N–H and O–H groups in total. The molecule has 1 aliphatic heterocycles. The molecule has 17 atom stereocenters. The van der Waals surface area contributed by atoms with E-state index in [0.29, 0.717) is 52.3 Å². The van der Waals surface area contributed by atoms with E-state index in [1.807, 2.05) is 0 Å². The second-order valence-corrected chi connectivity index (χ2v) is 32.5. The van der Waals surface area contributed by atoms with Crippen molar-refractivity contribution in [1.29, 1.82) is 0 Å². The van der Waals surface area contributed by atoms with Crippen LogP contribution in [0.1, 0.15) is 217 Å². The summed E-state index contributed by atoms with van der Waals surface area (Å²) < 4.78 is 24.5. The third-order valence-electron chi connectivity index (χ3n) is 23.8. The molecule has 0 aromatic carbocycles. The molecule has 1 unspecified atom stereocenters. The Morgan fingerprint density at radius 2 is 1.22 bits per heavy atom. The standard InChI is InChI=1S/C64H102NO7.Tl/c1-41(2)13-11-15-43(5)51-21-23-53-49-19-17-45-39-47(25-30-61(45,7)55(49)27-32-63(51,53)9)70-59(67)58(72-57(66)29-34-65-35-37-69-38-36-65)60(68)71-48-26-31-62(8)46(40-48)18-20-50-54-24-22-52(44(6)16-12-14-42(3)4)64(54,10)33-28-56(50)62;/h17-18,41-44,47-55,58H,11-16,19-40H2,1-10H3;/t43-,44-,47+,48+,49+,50+,51-,52-,53+,54+,55+,58?,61+,62+,63-,64-;/m1./s1. The average molecular weight is 1200 g/mol. The van der Waals surface area contributed by atoms with Crippen LogP contribution in [0.4, 0.5) is 0 Å². The van der Waals surface area contributed by atoms with Gasteiger partial charge in [0.15, 0.2) is 0 Å². The summed E-state index contributed by atoms with van der Waals surface area (Å²) in [6.45, 7) is 28.2. The smallest absolute Gasteiger partial charge is 0.0591 e. The molecule has 0 radical (unpaired) electrons. The van der Waals surface area contributed by atoms with Crippen LogP contribution in [0.25, 0.3) is 0 Å². The summed E-state index contributed by atoms with van der Waals surface area (Å²) in [5.74, 6) is 6.44. The molecule has 9 rings (SSSR count). The van der Waals surface area contributed by atoms with Crippen LogP contribution in [0.2, 0.25) is 2.97 Å².